The van der Waals surface area contributed by atoms with Crippen molar-refractivity contribution < 1.29 is 22.8 Å². The van der Waals surface area contributed by atoms with Gasteiger partial charge < -0.3 is 10.6 Å². The number of rotatable bonds is 3. The fraction of sp³-hybridized carbons (Fsp3) is 0.818. The van der Waals surface area contributed by atoms with Gasteiger partial charge in [-0.25, -0.2) is 0 Å². The van der Waals surface area contributed by atoms with Crippen molar-refractivity contribution in [1.82, 2.24) is 10.6 Å². The highest BCUT2D eigenvalue weighted by Gasteiger charge is 2.41. The molecule has 1 atom stereocenters. The summed E-state index contributed by atoms with van der Waals surface area (Å²) in [5, 5.41) is 4.24. The van der Waals surface area contributed by atoms with Crippen LogP contribution in [0.4, 0.5) is 13.2 Å². The molecule has 106 valence electrons. The molecule has 0 saturated heterocycles. The Bertz CT molecular complexity index is 319. The zero-order chi connectivity index (χ0) is 14.7. The largest absolute Gasteiger partial charge is 0.471 e. The van der Waals surface area contributed by atoms with E-state index in [1.54, 1.807) is 39.9 Å². The van der Waals surface area contributed by atoms with Crippen molar-refractivity contribution in [1.29, 1.82) is 0 Å². The van der Waals surface area contributed by atoms with Crippen LogP contribution in [0.2, 0.25) is 0 Å². The van der Waals surface area contributed by atoms with Gasteiger partial charge >= 0.3 is 12.1 Å². The van der Waals surface area contributed by atoms with Crippen molar-refractivity contribution in [3.8, 4) is 0 Å². The minimum atomic E-state index is -4.99. The van der Waals surface area contributed by atoms with Gasteiger partial charge in [0.15, 0.2) is 0 Å². The molecule has 2 amide bonds. The second-order valence-electron chi connectivity index (χ2n) is 5.43. The van der Waals surface area contributed by atoms with Crippen LogP contribution in [0.5, 0.6) is 0 Å². The number of nitrogens with one attached hydrogen (secondary N) is 2. The van der Waals surface area contributed by atoms with Gasteiger partial charge in [-0.2, -0.15) is 13.2 Å². The molecule has 0 spiro atoms. The second-order valence-corrected chi connectivity index (χ2v) is 5.43. The lowest BCUT2D eigenvalue weighted by Crippen LogP contribution is -2.56. The van der Waals surface area contributed by atoms with E-state index in [9.17, 15) is 22.8 Å². The number of amides is 2. The first-order valence-electron chi connectivity index (χ1n) is 5.54. The van der Waals surface area contributed by atoms with E-state index in [1.807, 2.05) is 0 Å². The molecular weight excluding hydrogens is 249 g/mol. The maximum Gasteiger partial charge on any atom is 0.471 e. The quantitative estimate of drug-likeness (QED) is 0.817. The summed E-state index contributed by atoms with van der Waals surface area (Å²) in [7, 11) is 0. The van der Waals surface area contributed by atoms with Crippen LogP contribution in [-0.2, 0) is 9.59 Å². The molecule has 7 heteroatoms. The van der Waals surface area contributed by atoms with Crippen molar-refractivity contribution in [2.45, 2.75) is 52.4 Å². The molecule has 0 saturated carbocycles. The molecule has 0 aromatic rings. The zero-order valence-corrected chi connectivity index (χ0v) is 11.1. The SMILES string of the molecule is CC(C)C(NC(=O)C(F)(F)F)C(=O)NC(C)(C)C. The molecule has 0 aliphatic heterocycles. The maximum atomic E-state index is 12.1. The van der Waals surface area contributed by atoms with Gasteiger partial charge in [-0.15, -0.1) is 0 Å². The fourth-order valence-corrected chi connectivity index (χ4v) is 1.21. The minimum Gasteiger partial charge on any atom is -0.350 e. The number of hydrogen-bond acceptors (Lipinski definition) is 2. The molecule has 0 rings (SSSR count). The summed E-state index contributed by atoms with van der Waals surface area (Å²) in [4.78, 5) is 22.6. The molecule has 0 aromatic heterocycles. The predicted molar refractivity (Wildman–Crippen MR) is 60.7 cm³/mol. The Hall–Kier alpha value is -1.27. The molecule has 18 heavy (non-hydrogen) atoms. The Labute approximate surface area is 104 Å². The number of carbonyl (C=O) groups is 2. The van der Waals surface area contributed by atoms with Crippen LogP contribution in [0.25, 0.3) is 0 Å². The van der Waals surface area contributed by atoms with Crippen LogP contribution in [0, 0.1) is 5.92 Å². The lowest BCUT2D eigenvalue weighted by Gasteiger charge is -2.27. The van der Waals surface area contributed by atoms with Gasteiger partial charge in [0, 0.05) is 5.54 Å². The third-order valence-electron chi connectivity index (χ3n) is 1.99. The van der Waals surface area contributed by atoms with Crippen molar-refractivity contribution in [2.24, 2.45) is 5.92 Å². The van der Waals surface area contributed by atoms with Crippen molar-refractivity contribution in [3.63, 3.8) is 0 Å². The van der Waals surface area contributed by atoms with E-state index in [2.05, 4.69) is 5.32 Å². The Morgan fingerprint density at radius 1 is 1.06 bits per heavy atom. The van der Waals surface area contributed by atoms with Crippen LogP contribution in [-0.4, -0.2) is 29.6 Å². The summed E-state index contributed by atoms with van der Waals surface area (Å²) >= 11 is 0. The highest BCUT2D eigenvalue weighted by molar-refractivity contribution is 5.90. The van der Waals surface area contributed by atoms with Crippen molar-refractivity contribution in [2.75, 3.05) is 0 Å². The number of halogens is 3. The molecule has 0 aliphatic rings. The highest BCUT2D eigenvalue weighted by Crippen LogP contribution is 2.16. The monoisotopic (exact) mass is 268 g/mol. The molecule has 0 heterocycles. The number of hydrogen-bond donors (Lipinski definition) is 2. The maximum absolute atomic E-state index is 12.1. The van der Waals surface area contributed by atoms with Crippen molar-refractivity contribution in [3.05, 3.63) is 0 Å². The van der Waals surface area contributed by atoms with Gasteiger partial charge in [0.05, 0.1) is 0 Å². The summed E-state index contributed by atoms with van der Waals surface area (Å²) in [5.41, 5.74) is -0.576. The Morgan fingerprint density at radius 2 is 1.50 bits per heavy atom. The van der Waals surface area contributed by atoms with E-state index < -0.39 is 35.5 Å². The minimum absolute atomic E-state index is 0.446. The van der Waals surface area contributed by atoms with E-state index in [4.69, 9.17) is 0 Å². The summed E-state index contributed by atoms with van der Waals surface area (Å²) in [6, 6.07) is -1.21. The molecular formula is C11H19F3N2O2. The van der Waals surface area contributed by atoms with E-state index in [0.717, 1.165) is 0 Å². The van der Waals surface area contributed by atoms with E-state index in [-0.39, 0.29) is 0 Å². The third-order valence-corrected chi connectivity index (χ3v) is 1.99. The van der Waals surface area contributed by atoms with E-state index in [1.165, 1.54) is 0 Å². The molecule has 0 fully saturated rings. The lowest BCUT2D eigenvalue weighted by atomic mass is 10.0. The van der Waals surface area contributed by atoms with E-state index >= 15 is 0 Å². The predicted octanol–water partition coefficient (Wildman–Crippen LogP) is 1.60. The second kappa shape index (κ2) is 5.58. The van der Waals surface area contributed by atoms with Crippen LogP contribution in [0.15, 0.2) is 0 Å². The zero-order valence-electron chi connectivity index (χ0n) is 11.1. The van der Waals surface area contributed by atoms with Gasteiger partial charge in [-0.05, 0) is 26.7 Å². The number of alkyl halides is 3. The van der Waals surface area contributed by atoms with Gasteiger partial charge in [-0.1, -0.05) is 13.8 Å². The summed E-state index contributed by atoms with van der Waals surface area (Å²) in [6.07, 6.45) is -4.99. The molecule has 4 nitrogen and oxygen atoms in total. The molecule has 0 aromatic carbocycles. The van der Waals surface area contributed by atoms with Crippen LogP contribution >= 0.6 is 0 Å². The normalized spacial score (nSPS) is 14.3. The third kappa shape index (κ3) is 5.88. The topological polar surface area (TPSA) is 58.2 Å². The van der Waals surface area contributed by atoms with Gasteiger partial charge in [-0.3, -0.25) is 9.59 Å². The summed E-state index contributed by atoms with van der Waals surface area (Å²) in [5.74, 6) is -3.18. The Morgan fingerprint density at radius 3 is 1.78 bits per heavy atom. The average molecular weight is 268 g/mol. The molecule has 0 radical (unpaired) electrons. The molecule has 0 aliphatic carbocycles. The fourth-order valence-electron chi connectivity index (χ4n) is 1.21. The van der Waals surface area contributed by atoms with Crippen LogP contribution < -0.4 is 10.6 Å². The van der Waals surface area contributed by atoms with Gasteiger partial charge in [0.1, 0.15) is 6.04 Å². The molecule has 0 bridgehead atoms. The molecule has 1 unspecified atom stereocenters. The first-order chi connectivity index (χ1) is 7.84. The standard InChI is InChI=1S/C11H19F3N2O2/c1-6(2)7(8(17)16-10(3,4)5)15-9(18)11(12,13)14/h6-7H,1-5H3,(H,15,18)(H,16,17). The molecule has 2 N–H and O–H groups in total. The van der Waals surface area contributed by atoms with Gasteiger partial charge in [0.2, 0.25) is 5.91 Å². The van der Waals surface area contributed by atoms with Gasteiger partial charge in [0.25, 0.3) is 0 Å². The lowest BCUT2D eigenvalue weighted by molar-refractivity contribution is -0.175. The van der Waals surface area contributed by atoms with E-state index in [0.29, 0.717) is 0 Å². The Kier molecular flexibility index (Phi) is 5.19. The highest BCUT2D eigenvalue weighted by atomic mass is 19.4. The summed E-state index contributed by atoms with van der Waals surface area (Å²) in [6.45, 7) is 8.22. The average Bonchev–Trinajstić information content (AvgIpc) is 2.07. The summed E-state index contributed by atoms with van der Waals surface area (Å²) < 4.78 is 36.4. The first-order valence-corrected chi connectivity index (χ1v) is 5.54. The van der Waals surface area contributed by atoms with Crippen molar-refractivity contribution >= 4 is 11.8 Å². The first kappa shape index (κ1) is 16.7. The van der Waals surface area contributed by atoms with Crippen LogP contribution in [0.3, 0.4) is 0 Å². The smallest absolute Gasteiger partial charge is 0.350 e. The van der Waals surface area contributed by atoms with Crippen LogP contribution in [0.1, 0.15) is 34.6 Å². The number of carbonyl (C=O) groups excluding carboxylic acids is 2. The Balaban J connectivity index is 4.79.